The van der Waals surface area contributed by atoms with Crippen LogP contribution in [-0.2, 0) is 6.42 Å². The van der Waals surface area contributed by atoms with Gasteiger partial charge in [0.05, 0.1) is 5.56 Å². The number of hydrogen-bond donors (Lipinski definition) is 2. The van der Waals surface area contributed by atoms with Crippen LogP contribution < -0.4 is 15.8 Å². The average Bonchev–Trinajstić information content (AvgIpc) is 3.31. The lowest BCUT2D eigenvalue weighted by molar-refractivity contribution is 0.1000. The number of benzene rings is 1. The number of pyridine rings is 1. The third-order valence-corrected chi connectivity index (χ3v) is 6.36. The van der Waals surface area contributed by atoms with Crippen molar-refractivity contribution in [2.24, 2.45) is 23.5 Å². The van der Waals surface area contributed by atoms with Gasteiger partial charge in [0, 0.05) is 12.3 Å². The molecule has 1 aromatic carbocycles. The highest BCUT2D eigenvalue weighted by atomic mass is 16.5. The Morgan fingerprint density at radius 3 is 2.79 bits per heavy atom. The van der Waals surface area contributed by atoms with Crippen LogP contribution in [0.1, 0.15) is 47.2 Å². The van der Waals surface area contributed by atoms with Gasteiger partial charge in [-0.05, 0) is 86.7 Å². The lowest BCUT2D eigenvalue weighted by Crippen LogP contribution is -2.28. The Morgan fingerprint density at radius 1 is 1.25 bits per heavy atom. The van der Waals surface area contributed by atoms with Crippen molar-refractivity contribution in [1.82, 2.24) is 10.3 Å². The maximum absolute atomic E-state index is 11.1. The molecular formula is C23H29N3O2. The standard InChI is InChI=1S/C23H29N3O2/c1-15-10-16(8-9-25-13-20-12-17-2-4-18(20)11-17)3-6-21(15)28-22-7-5-19(14-26-22)23(24)27/h3,5-7,10,14,17-18,20,25H,2,4,8-9,11-13H2,1H3,(H2,24,27). The monoisotopic (exact) mass is 379 g/mol. The molecule has 5 nitrogen and oxygen atoms in total. The van der Waals surface area contributed by atoms with E-state index in [1.165, 1.54) is 44.0 Å². The average molecular weight is 380 g/mol. The Balaban J connectivity index is 1.26. The van der Waals surface area contributed by atoms with E-state index in [0.717, 1.165) is 42.0 Å². The molecule has 2 aliphatic carbocycles. The number of fused-ring (bicyclic) bond motifs is 2. The molecule has 0 aliphatic heterocycles. The van der Waals surface area contributed by atoms with E-state index in [1.807, 2.05) is 13.0 Å². The van der Waals surface area contributed by atoms with Crippen LogP contribution >= 0.6 is 0 Å². The molecule has 2 aliphatic rings. The third kappa shape index (κ3) is 4.36. The minimum absolute atomic E-state index is 0.373. The summed E-state index contributed by atoms with van der Waals surface area (Å²) in [6.45, 7) is 4.23. The van der Waals surface area contributed by atoms with Crippen molar-refractivity contribution in [3.63, 3.8) is 0 Å². The van der Waals surface area contributed by atoms with E-state index in [1.54, 1.807) is 12.1 Å². The predicted octanol–water partition coefficient (Wildman–Crippen LogP) is 3.85. The molecule has 28 heavy (non-hydrogen) atoms. The third-order valence-electron chi connectivity index (χ3n) is 6.36. The summed E-state index contributed by atoms with van der Waals surface area (Å²) < 4.78 is 5.84. The number of primary amides is 1. The largest absolute Gasteiger partial charge is 0.439 e. The van der Waals surface area contributed by atoms with Gasteiger partial charge < -0.3 is 15.8 Å². The molecule has 2 bridgehead atoms. The van der Waals surface area contributed by atoms with Gasteiger partial charge in [0.1, 0.15) is 5.75 Å². The number of nitrogens with two attached hydrogens (primary N) is 1. The van der Waals surface area contributed by atoms with E-state index in [4.69, 9.17) is 10.5 Å². The number of nitrogens with zero attached hydrogens (tertiary/aromatic N) is 1. The molecule has 0 saturated heterocycles. The van der Waals surface area contributed by atoms with Crippen LogP contribution in [0.25, 0.3) is 0 Å². The summed E-state index contributed by atoms with van der Waals surface area (Å²) in [7, 11) is 0. The Labute approximate surface area is 166 Å². The fourth-order valence-electron chi connectivity index (χ4n) is 4.83. The number of ether oxygens (including phenoxy) is 1. The molecule has 2 saturated carbocycles. The summed E-state index contributed by atoms with van der Waals surface area (Å²) >= 11 is 0. The van der Waals surface area contributed by atoms with Crippen molar-refractivity contribution in [2.75, 3.05) is 13.1 Å². The second-order valence-electron chi connectivity index (χ2n) is 8.34. The summed E-state index contributed by atoms with van der Waals surface area (Å²) in [5.74, 6) is 3.65. The van der Waals surface area contributed by atoms with Crippen molar-refractivity contribution >= 4 is 5.91 Å². The minimum Gasteiger partial charge on any atom is -0.439 e. The topological polar surface area (TPSA) is 77.2 Å². The van der Waals surface area contributed by atoms with Gasteiger partial charge in [-0.3, -0.25) is 4.79 Å². The van der Waals surface area contributed by atoms with Crippen LogP contribution in [0.5, 0.6) is 11.6 Å². The molecule has 1 amide bonds. The van der Waals surface area contributed by atoms with Crippen molar-refractivity contribution in [3.8, 4) is 11.6 Å². The summed E-state index contributed by atoms with van der Waals surface area (Å²) in [6, 6.07) is 9.55. The molecule has 3 atom stereocenters. The first-order valence-electron chi connectivity index (χ1n) is 10.3. The van der Waals surface area contributed by atoms with Gasteiger partial charge in [0.2, 0.25) is 11.8 Å². The number of nitrogens with one attached hydrogen (secondary N) is 1. The number of rotatable bonds is 8. The highest BCUT2D eigenvalue weighted by Gasteiger charge is 2.38. The molecule has 3 unspecified atom stereocenters. The Bertz CT molecular complexity index is 834. The van der Waals surface area contributed by atoms with Gasteiger partial charge in [-0.15, -0.1) is 0 Å². The van der Waals surface area contributed by atoms with Crippen molar-refractivity contribution in [3.05, 3.63) is 53.2 Å². The Hall–Kier alpha value is -2.40. The van der Waals surface area contributed by atoms with Crippen LogP contribution in [0.3, 0.4) is 0 Å². The first-order chi connectivity index (χ1) is 13.6. The number of hydrogen-bond acceptors (Lipinski definition) is 4. The van der Waals surface area contributed by atoms with E-state index in [-0.39, 0.29) is 0 Å². The molecule has 5 heteroatoms. The van der Waals surface area contributed by atoms with Crippen LogP contribution in [0.2, 0.25) is 0 Å². The second kappa shape index (κ2) is 8.31. The summed E-state index contributed by atoms with van der Waals surface area (Å²) in [5, 5.41) is 3.67. The zero-order valence-electron chi connectivity index (χ0n) is 16.5. The fourth-order valence-corrected chi connectivity index (χ4v) is 4.83. The predicted molar refractivity (Wildman–Crippen MR) is 110 cm³/mol. The highest BCUT2D eigenvalue weighted by Crippen LogP contribution is 2.47. The Morgan fingerprint density at radius 2 is 2.14 bits per heavy atom. The number of aryl methyl sites for hydroxylation is 1. The van der Waals surface area contributed by atoms with E-state index in [9.17, 15) is 4.79 Å². The SMILES string of the molecule is Cc1cc(CCNCC2CC3CCC2C3)ccc1Oc1ccc(C(N)=O)cn1. The maximum Gasteiger partial charge on any atom is 0.250 e. The summed E-state index contributed by atoms with van der Waals surface area (Å²) in [5.41, 5.74) is 7.99. The first kappa shape index (κ1) is 18.9. The number of carbonyl (C=O) groups is 1. The summed E-state index contributed by atoms with van der Waals surface area (Å²) in [4.78, 5) is 15.3. The highest BCUT2D eigenvalue weighted by molar-refractivity contribution is 5.92. The van der Waals surface area contributed by atoms with E-state index < -0.39 is 5.91 Å². The maximum atomic E-state index is 11.1. The smallest absolute Gasteiger partial charge is 0.250 e. The summed E-state index contributed by atoms with van der Waals surface area (Å²) in [6.07, 6.45) is 8.30. The number of amides is 1. The second-order valence-corrected chi connectivity index (χ2v) is 8.34. The van der Waals surface area contributed by atoms with Crippen LogP contribution in [-0.4, -0.2) is 24.0 Å². The van der Waals surface area contributed by atoms with Crippen LogP contribution in [0.4, 0.5) is 0 Å². The van der Waals surface area contributed by atoms with Gasteiger partial charge >= 0.3 is 0 Å². The molecule has 1 aromatic heterocycles. The molecule has 0 radical (unpaired) electrons. The van der Waals surface area contributed by atoms with Crippen molar-refractivity contribution in [2.45, 2.75) is 39.0 Å². The molecule has 2 aromatic rings. The number of carbonyl (C=O) groups excluding carboxylic acids is 1. The molecular weight excluding hydrogens is 350 g/mol. The van der Waals surface area contributed by atoms with E-state index in [2.05, 4.69) is 22.4 Å². The Kier molecular flexibility index (Phi) is 5.62. The lowest BCUT2D eigenvalue weighted by atomic mass is 9.89. The quantitative estimate of drug-likeness (QED) is 0.683. The van der Waals surface area contributed by atoms with E-state index >= 15 is 0 Å². The van der Waals surface area contributed by atoms with Crippen molar-refractivity contribution < 1.29 is 9.53 Å². The fraction of sp³-hybridized carbons (Fsp3) is 0.478. The van der Waals surface area contributed by atoms with Crippen LogP contribution in [0.15, 0.2) is 36.5 Å². The van der Waals surface area contributed by atoms with Crippen LogP contribution in [0, 0.1) is 24.7 Å². The molecule has 148 valence electrons. The number of aromatic nitrogens is 1. The zero-order chi connectivity index (χ0) is 19.5. The molecule has 3 N–H and O–H groups in total. The molecule has 1 heterocycles. The van der Waals surface area contributed by atoms with Gasteiger partial charge in [-0.25, -0.2) is 4.98 Å². The zero-order valence-corrected chi connectivity index (χ0v) is 16.5. The normalized spacial score (nSPS) is 23.1. The van der Waals surface area contributed by atoms with Gasteiger partial charge in [0.15, 0.2) is 0 Å². The minimum atomic E-state index is -0.492. The molecule has 4 rings (SSSR count). The van der Waals surface area contributed by atoms with Gasteiger partial charge in [-0.2, -0.15) is 0 Å². The lowest BCUT2D eigenvalue weighted by Gasteiger charge is -2.21. The molecule has 2 fully saturated rings. The molecule has 0 spiro atoms. The van der Waals surface area contributed by atoms with Gasteiger partial charge in [0.25, 0.3) is 0 Å². The van der Waals surface area contributed by atoms with E-state index in [0.29, 0.717) is 11.4 Å². The first-order valence-corrected chi connectivity index (χ1v) is 10.3. The van der Waals surface area contributed by atoms with Gasteiger partial charge in [-0.1, -0.05) is 18.6 Å². The van der Waals surface area contributed by atoms with Crippen molar-refractivity contribution in [1.29, 1.82) is 0 Å².